The van der Waals surface area contributed by atoms with E-state index in [9.17, 15) is 4.39 Å². The van der Waals surface area contributed by atoms with Crippen LogP contribution >= 0.6 is 12.2 Å². The van der Waals surface area contributed by atoms with Gasteiger partial charge in [0.2, 0.25) is 0 Å². The molecule has 0 aliphatic rings. The summed E-state index contributed by atoms with van der Waals surface area (Å²) in [5.74, 6) is -0.322. The number of thiocarbonyl (C=S) groups is 1. The van der Waals surface area contributed by atoms with Gasteiger partial charge in [0.05, 0.1) is 12.0 Å². The Balaban J connectivity index is 1.66. The topological polar surface area (TPSA) is 46.0 Å². The molecular formula is C19H20FN5S. The van der Waals surface area contributed by atoms with E-state index in [4.69, 9.17) is 12.2 Å². The van der Waals surface area contributed by atoms with Gasteiger partial charge in [-0.05, 0) is 48.5 Å². The van der Waals surface area contributed by atoms with Crippen molar-refractivity contribution in [2.24, 2.45) is 0 Å². The number of aromatic nitrogens is 3. The molecule has 26 heavy (non-hydrogen) atoms. The molecular weight excluding hydrogens is 349 g/mol. The molecule has 3 rings (SSSR count). The van der Waals surface area contributed by atoms with Crippen LogP contribution in [0.1, 0.15) is 12.0 Å². The van der Waals surface area contributed by atoms with Gasteiger partial charge in [-0.15, -0.1) is 0 Å². The summed E-state index contributed by atoms with van der Waals surface area (Å²) < 4.78 is 15.9. The fraction of sp³-hybridized carbons (Fsp3) is 0.211. The van der Waals surface area contributed by atoms with Gasteiger partial charge in [-0.1, -0.05) is 12.1 Å². The smallest absolute Gasteiger partial charge is 0.173 e. The molecule has 3 aromatic rings. The summed E-state index contributed by atoms with van der Waals surface area (Å²) >= 11 is 5.54. The number of nitrogens with one attached hydrogen (secondary N) is 1. The number of anilines is 1. The number of imidazole rings is 1. The fourth-order valence-corrected chi connectivity index (χ4v) is 2.85. The highest BCUT2D eigenvalue weighted by atomic mass is 32.1. The lowest BCUT2D eigenvalue weighted by atomic mass is 10.2. The number of nitrogens with zero attached hydrogens (tertiary/aromatic N) is 4. The van der Waals surface area contributed by atoms with Crippen LogP contribution in [0.5, 0.6) is 0 Å². The Morgan fingerprint density at radius 3 is 2.65 bits per heavy atom. The summed E-state index contributed by atoms with van der Waals surface area (Å²) in [7, 11) is 0. The Hall–Kier alpha value is -2.80. The van der Waals surface area contributed by atoms with E-state index >= 15 is 0 Å². The van der Waals surface area contributed by atoms with Gasteiger partial charge in [-0.25, -0.2) is 9.37 Å². The minimum atomic E-state index is -0.322. The molecule has 0 saturated heterocycles. The zero-order chi connectivity index (χ0) is 18.2. The fourth-order valence-electron chi connectivity index (χ4n) is 2.58. The highest BCUT2D eigenvalue weighted by Crippen LogP contribution is 2.15. The van der Waals surface area contributed by atoms with Gasteiger partial charge < -0.3 is 14.8 Å². The lowest BCUT2D eigenvalue weighted by Gasteiger charge is -2.26. The first-order valence-electron chi connectivity index (χ1n) is 8.37. The minimum Gasteiger partial charge on any atom is -0.345 e. The van der Waals surface area contributed by atoms with Crippen molar-refractivity contribution in [3.8, 4) is 0 Å². The normalized spacial score (nSPS) is 10.5. The van der Waals surface area contributed by atoms with E-state index < -0.39 is 0 Å². The van der Waals surface area contributed by atoms with Crippen LogP contribution in [0, 0.1) is 5.82 Å². The van der Waals surface area contributed by atoms with Crippen molar-refractivity contribution < 1.29 is 4.39 Å². The molecule has 0 aliphatic heterocycles. The highest BCUT2D eigenvalue weighted by molar-refractivity contribution is 7.80. The molecule has 2 heterocycles. The summed E-state index contributed by atoms with van der Waals surface area (Å²) in [6, 6.07) is 10.4. The number of rotatable bonds is 7. The van der Waals surface area contributed by atoms with Crippen LogP contribution in [0.25, 0.3) is 0 Å². The molecule has 7 heteroatoms. The van der Waals surface area contributed by atoms with Gasteiger partial charge >= 0.3 is 0 Å². The molecule has 0 radical (unpaired) electrons. The number of pyridine rings is 1. The molecule has 2 aromatic heterocycles. The van der Waals surface area contributed by atoms with Gasteiger partial charge in [0.25, 0.3) is 0 Å². The predicted molar refractivity (Wildman–Crippen MR) is 104 cm³/mol. The molecule has 5 nitrogen and oxygen atoms in total. The predicted octanol–water partition coefficient (Wildman–Crippen LogP) is 3.71. The number of halogens is 1. The molecule has 0 unspecified atom stereocenters. The summed E-state index contributed by atoms with van der Waals surface area (Å²) in [6.45, 7) is 2.21. The Labute approximate surface area is 157 Å². The van der Waals surface area contributed by atoms with Crippen molar-refractivity contribution in [1.82, 2.24) is 19.4 Å². The number of aryl methyl sites for hydroxylation is 1. The largest absolute Gasteiger partial charge is 0.345 e. The van der Waals surface area contributed by atoms with E-state index in [1.165, 1.54) is 6.07 Å². The van der Waals surface area contributed by atoms with Gasteiger partial charge in [0.15, 0.2) is 5.11 Å². The van der Waals surface area contributed by atoms with Crippen molar-refractivity contribution in [1.29, 1.82) is 0 Å². The van der Waals surface area contributed by atoms with Crippen LogP contribution in [0.4, 0.5) is 10.1 Å². The van der Waals surface area contributed by atoms with Crippen LogP contribution in [0.2, 0.25) is 0 Å². The number of benzene rings is 1. The first-order valence-corrected chi connectivity index (χ1v) is 8.78. The standard InChI is InChI=1S/C19H20FN5S/c20-17-4-1-2-5-18(17)23-19(26)25(14-16-6-8-21-9-7-16)12-3-11-24-13-10-22-15-24/h1-2,4-10,13,15H,3,11-12,14H2,(H,23,26). The summed E-state index contributed by atoms with van der Waals surface area (Å²) in [6.07, 6.45) is 9.89. The summed E-state index contributed by atoms with van der Waals surface area (Å²) in [5.41, 5.74) is 1.48. The van der Waals surface area contributed by atoms with Crippen LogP contribution in [-0.2, 0) is 13.1 Å². The van der Waals surface area contributed by atoms with E-state index in [-0.39, 0.29) is 5.82 Å². The Bertz CT molecular complexity index is 823. The third kappa shape index (κ3) is 5.10. The van der Waals surface area contributed by atoms with Gasteiger partial charge in [-0.3, -0.25) is 4.98 Å². The molecule has 0 amide bonds. The summed E-state index contributed by atoms with van der Waals surface area (Å²) in [4.78, 5) is 10.1. The summed E-state index contributed by atoms with van der Waals surface area (Å²) in [5, 5.41) is 3.52. The van der Waals surface area contributed by atoms with Crippen molar-refractivity contribution >= 4 is 23.0 Å². The van der Waals surface area contributed by atoms with Crippen LogP contribution in [0.15, 0.2) is 67.5 Å². The van der Waals surface area contributed by atoms with Gasteiger partial charge in [0, 0.05) is 44.4 Å². The third-order valence-corrected chi connectivity index (χ3v) is 4.29. The maximum atomic E-state index is 13.9. The Kier molecular flexibility index (Phi) is 6.27. The van der Waals surface area contributed by atoms with Crippen molar-refractivity contribution in [2.75, 3.05) is 11.9 Å². The van der Waals surface area contributed by atoms with E-state index in [0.717, 1.165) is 25.1 Å². The number of hydrogen-bond acceptors (Lipinski definition) is 3. The maximum Gasteiger partial charge on any atom is 0.173 e. The highest BCUT2D eigenvalue weighted by Gasteiger charge is 2.12. The van der Waals surface area contributed by atoms with Crippen molar-refractivity contribution in [2.45, 2.75) is 19.5 Å². The molecule has 0 spiro atoms. The SMILES string of the molecule is Fc1ccccc1NC(=S)N(CCCn1ccnc1)Cc1ccncc1. The maximum absolute atomic E-state index is 13.9. The van der Waals surface area contributed by atoms with Crippen LogP contribution in [0.3, 0.4) is 0 Å². The first kappa shape index (κ1) is 18.0. The molecule has 134 valence electrons. The zero-order valence-electron chi connectivity index (χ0n) is 14.3. The number of hydrogen-bond donors (Lipinski definition) is 1. The second-order valence-corrected chi connectivity index (χ2v) is 6.23. The van der Waals surface area contributed by atoms with Crippen LogP contribution in [-0.4, -0.2) is 31.1 Å². The number of para-hydroxylation sites is 1. The lowest BCUT2D eigenvalue weighted by molar-refractivity contribution is 0.395. The quantitative estimate of drug-likeness (QED) is 0.644. The third-order valence-electron chi connectivity index (χ3n) is 3.93. The van der Waals surface area contributed by atoms with Crippen molar-refractivity contribution in [3.05, 3.63) is 78.9 Å². The lowest BCUT2D eigenvalue weighted by Crippen LogP contribution is -2.35. The van der Waals surface area contributed by atoms with E-state index in [1.54, 1.807) is 43.1 Å². The zero-order valence-corrected chi connectivity index (χ0v) is 15.1. The second kappa shape index (κ2) is 9.05. The Morgan fingerprint density at radius 2 is 1.92 bits per heavy atom. The van der Waals surface area contributed by atoms with Gasteiger partial charge in [-0.2, -0.15) is 0 Å². The van der Waals surface area contributed by atoms with Gasteiger partial charge in [0.1, 0.15) is 5.82 Å². The first-order chi connectivity index (χ1) is 12.7. The average Bonchev–Trinajstić information content (AvgIpc) is 3.17. The molecule has 0 aliphatic carbocycles. The molecule has 1 aromatic carbocycles. The Morgan fingerprint density at radius 1 is 1.12 bits per heavy atom. The molecule has 0 atom stereocenters. The average molecular weight is 369 g/mol. The molecule has 0 saturated carbocycles. The second-order valence-electron chi connectivity index (χ2n) is 5.84. The van der Waals surface area contributed by atoms with E-state index in [0.29, 0.717) is 17.3 Å². The monoisotopic (exact) mass is 369 g/mol. The molecule has 0 fully saturated rings. The minimum absolute atomic E-state index is 0.322. The molecule has 0 bridgehead atoms. The van der Waals surface area contributed by atoms with Crippen LogP contribution < -0.4 is 5.32 Å². The van der Waals surface area contributed by atoms with Crippen molar-refractivity contribution in [3.63, 3.8) is 0 Å². The van der Waals surface area contributed by atoms with E-state index in [1.807, 2.05) is 27.8 Å². The molecule has 1 N–H and O–H groups in total. The van der Waals surface area contributed by atoms with E-state index in [2.05, 4.69) is 15.3 Å².